The van der Waals surface area contributed by atoms with Crippen molar-refractivity contribution in [3.63, 3.8) is 0 Å². The number of rotatable bonds is 4. The molecule has 1 rings (SSSR count). The molecule has 90 valence electrons. The van der Waals surface area contributed by atoms with Gasteiger partial charge in [0.1, 0.15) is 17.5 Å². The van der Waals surface area contributed by atoms with E-state index in [1.165, 1.54) is 0 Å². The lowest BCUT2D eigenvalue weighted by atomic mass is 10.1. The first-order valence-corrected chi connectivity index (χ1v) is 5.36. The standard InChI is InChI=1S/C12H20N2O2/c1-12(2,3)14-8-9(15)11-10(16-4)6-5-7-13-11/h5-7,9,14-15H,8H2,1-4H3. The molecule has 0 bridgehead atoms. The van der Waals surface area contributed by atoms with Gasteiger partial charge in [0.25, 0.3) is 0 Å². The van der Waals surface area contributed by atoms with Gasteiger partial charge < -0.3 is 15.2 Å². The van der Waals surface area contributed by atoms with Crippen molar-refractivity contribution in [3.05, 3.63) is 24.0 Å². The third-order valence-corrected chi connectivity index (χ3v) is 2.16. The molecule has 4 nitrogen and oxygen atoms in total. The van der Waals surface area contributed by atoms with E-state index < -0.39 is 6.10 Å². The molecule has 0 fully saturated rings. The molecular weight excluding hydrogens is 204 g/mol. The van der Waals surface area contributed by atoms with Gasteiger partial charge >= 0.3 is 0 Å². The predicted octanol–water partition coefficient (Wildman–Crippen LogP) is 1.51. The fourth-order valence-corrected chi connectivity index (χ4v) is 1.33. The lowest BCUT2D eigenvalue weighted by Gasteiger charge is -2.23. The summed E-state index contributed by atoms with van der Waals surface area (Å²) in [5, 5.41) is 13.2. The molecule has 0 amide bonds. The van der Waals surface area contributed by atoms with Gasteiger partial charge in [0.15, 0.2) is 0 Å². The Kier molecular flexibility index (Phi) is 4.26. The largest absolute Gasteiger partial charge is 0.495 e. The Labute approximate surface area is 96.7 Å². The van der Waals surface area contributed by atoms with Crippen molar-refractivity contribution in [1.29, 1.82) is 0 Å². The van der Waals surface area contributed by atoms with E-state index in [1.54, 1.807) is 25.4 Å². The van der Waals surface area contributed by atoms with E-state index in [2.05, 4.69) is 31.1 Å². The second-order valence-corrected chi connectivity index (χ2v) is 4.74. The van der Waals surface area contributed by atoms with E-state index in [0.29, 0.717) is 18.0 Å². The van der Waals surface area contributed by atoms with Crippen LogP contribution < -0.4 is 10.1 Å². The average molecular weight is 224 g/mol. The molecule has 16 heavy (non-hydrogen) atoms. The highest BCUT2D eigenvalue weighted by Crippen LogP contribution is 2.21. The zero-order valence-electron chi connectivity index (χ0n) is 10.3. The molecule has 2 N–H and O–H groups in total. The summed E-state index contributed by atoms with van der Waals surface area (Å²) in [6.07, 6.45) is 0.994. The summed E-state index contributed by atoms with van der Waals surface area (Å²) in [4.78, 5) is 4.14. The summed E-state index contributed by atoms with van der Waals surface area (Å²) in [5.41, 5.74) is 0.546. The zero-order valence-corrected chi connectivity index (χ0v) is 10.3. The Bertz CT molecular complexity index is 334. The number of aromatic nitrogens is 1. The molecule has 0 aliphatic rings. The summed E-state index contributed by atoms with van der Waals surface area (Å²) >= 11 is 0. The fraction of sp³-hybridized carbons (Fsp3) is 0.583. The normalized spacial score (nSPS) is 13.6. The second-order valence-electron chi connectivity index (χ2n) is 4.74. The predicted molar refractivity (Wildman–Crippen MR) is 63.5 cm³/mol. The number of aliphatic hydroxyl groups is 1. The van der Waals surface area contributed by atoms with Gasteiger partial charge in [0, 0.05) is 18.3 Å². The quantitative estimate of drug-likeness (QED) is 0.814. The number of aliphatic hydroxyl groups excluding tert-OH is 1. The molecule has 1 heterocycles. The van der Waals surface area contributed by atoms with Crippen molar-refractivity contribution in [3.8, 4) is 5.75 Å². The third kappa shape index (κ3) is 3.79. The number of hydrogen-bond acceptors (Lipinski definition) is 4. The monoisotopic (exact) mass is 224 g/mol. The van der Waals surface area contributed by atoms with Crippen LogP contribution in [0, 0.1) is 0 Å². The van der Waals surface area contributed by atoms with Crippen molar-refractivity contribution < 1.29 is 9.84 Å². The summed E-state index contributed by atoms with van der Waals surface area (Å²) in [6.45, 7) is 6.61. The maximum Gasteiger partial charge on any atom is 0.143 e. The van der Waals surface area contributed by atoms with E-state index in [0.717, 1.165) is 0 Å². The molecule has 0 aliphatic carbocycles. The first-order chi connectivity index (χ1) is 7.44. The molecule has 0 radical (unpaired) electrons. The summed E-state index contributed by atoms with van der Waals surface area (Å²) < 4.78 is 5.15. The zero-order chi connectivity index (χ0) is 12.2. The minimum Gasteiger partial charge on any atom is -0.495 e. The molecule has 0 spiro atoms. The highest BCUT2D eigenvalue weighted by atomic mass is 16.5. The Morgan fingerprint density at radius 3 is 2.75 bits per heavy atom. The van der Waals surface area contributed by atoms with Crippen LogP contribution in [0.25, 0.3) is 0 Å². The van der Waals surface area contributed by atoms with E-state index in [-0.39, 0.29) is 5.54 Å². The lowest BCUT2D eigenvalue weighted by Crippen LogP contribution is -2.38. The maximum atomic E-state index is 9.99. The number of pyridine rings is 1. The molecule has 1 atom stereocenters. The number of methoxy groups -OCH3 is 1. The van der Waals surface area contributed by atoms with Crippen LogP contribution in [0.2, 0.25) is 0 Å². The Balaban J connectivity index is 2.69. The molecule has 0 aromatic carbocycles. The Morgan fingerprint density at radius 1 is 1.50 bits per heavy atom. The van der Waals surface area contributed by atoms with Crippen LogP contribution in [0.1, 0.15) is 32.6 Å². The van der Waals surface area contributed by atoms with Gasteiger partial charge in [-0.2, -0.15) is 0 Å². The van der Waals surface area contributed by atoms with E-state index in [9.17, 15) is 5.11 Å². The maximum absolute atomic E-state index is 9.99. The van der Waals surface area contributed by atoms with E-state index in [4.69, 9.17) is 4.74 Å². The van der Waals surface area contributed by atoms with Crippen molar-refractivity contribution in [2.75, 3.05) is 13.7 Å². The first kappa shape index (κ1) is 12.9. The van der Waals surface area contributed by atoms with Crippen LogP contribution >= 0.6 is 0 Å². The summed E-state index contributed by atoms with van der Waals surface area (Å²) in [7, 11) is 1.57. The van der Waals surface area contributed by atoms with Crippen LogP contribution in [-0.2, 0) is 0 Å². The first-order valence-electron chi connectivity index (χ1n) is 5.36. The van der Waals surface area contributed by atoms with E-state index in [1.807, 2.05) is 0 Å². The number of ether oxygens (including phenoxy) is 1. The van der Waals surface area contributed by atoms with Crippen LogP contribution in [-0.4, -0.2) is 29.3 Å². The molecule has 1 aromatic heterocycles. The molecule has 1 unspecified atom stereocenters. The van der Waals surface area contributed by atoms with Gasteiger partial charge in [0.05, 0.1) is 7.11 Å². The highest BCUT2D eigenvalue weighted by molar-refractivity contribution is 5.28. The van der Waals surface area contributed by atoms with E-state index >= 15 is 0 Å². The van der Waals surface area contributed by atoms with Crippen LogP contribution in [0.3, 0.4) is 0 Å². The van der Waals surface area contributed by atoms with Gasteiger partial charge in [0.2, 0.25) is 0 Å². The van der Waals surface area contributed by atoms with Crippen molar-refractivity contribution in [2.24, 2.45) is 0 Å². The molecule has 0 saturated heterocycles. The highest BCUT2D eigenvalue weighted by Gasteiger charge is 2.17. The van der Waals surface area contributed by atoms with Gasteiger partial charge in [-0.1, -0.05) is 0 Å². The van der Waals surface area contributed by atoms with Gasteiger partial charge in [-0.3, -0.25) is 4.98 Å². The smallest absolute Gasteiger partial charge is 0.143 e. The minimum atomic E-state index is -0.657. The topological polar surface area (TPSA) is 54.4 Å². The molecule has 4 heteroatoms. The summed E-state index contributed by atoms with van der Waals surface area (Å²) in [5.74, 6) is 0.616. The molecule has 1 aromatic rings. The lowest BCUT2D eigenvalue weighted by molar-refractivity contribution is 0.155. The van der Waals surface area contributed by atoms with Crippen molar-refractivity contribution >= 4 is 0 Å². The van der Waals surface area contributed by atoms with Crippen LogP contribution in [0.15, 0.2) is 18.3 Å². The van der Waals surface area contributed by atoms with Crippen LogP contribution in [0.5, 0.6) is 5.75 Å². The Morgan fingerprint density at radius 2 is 2.19 bits per heavy atom. The summed E-state index contributed by atoms with van der Waals surface area (Å²) in [6, 6.07) is 3.58. The Hall–Kier alpha value is -1.13. The minimum absolute atomic E-state index is 0.0248. The number of hydrogen-bond donors (Lipinski definition) is 2. The van der Waals surface area contributed by atoms with Crippen molar-refractivity contribution in [2.45, 2.75) is 32.4 Å². The van der Waals surface area contributed by atoms with Gasteiger partial charge in [-0.25, -0.2) is 0 Å². The number of nitrogens with one attached hydrogen (secondary N) is 1. The average Bonchev–Trinajstić information content (AvgIpc) is 2.25. The molecule has 0 aliphatic heterocycles. The number of nitrogens with zero attached hydrogens (tertiary/aromatic N) is 1. The molecular formula is C12H20N2O2. The van der Waals surface area contributed by atoms with Gasteiger partial charge in [-0.15, -0.1) is 0 Å². The van der Waals surface area contributed by atoms with Crippen molar-refractivity contribution in [1.82, 2.24) is 10.3 Å². The number of β-amino-alcohol motifs (C(OH)–C–C–N with tert-alkyl or cyclic N) is 1. The second kappa shape index (κ2) is 5.27. The molecule has 0 saturated carbocycles. The third-order valence-electron chi connectivity index (χ3n) is 2.16. The van der Waals surface area contributed by atoms with Crippen LogP contribution in [0.4, 0.5) is 0 Å². The SMILES string of the molecule is COc1cccnc1C(O)CNC(C)(C)C. The van der Waals surface area contributed by atoms with Gasteiger partial charge in [-0.05, 0) is 32.9 Å². The fourth-order valence-electron chi connectivity index (χ4n) is 1.33.